The summed E-state index contributed by atoms with van der Waals surface area (Å²) in [6.07, 6.45) is 3.62. The molecule has 0 aliphatic carbocycles. The Labute approximate surface area is 113 Å². The van der Waals surface area contributed by atoms with E-state index in [9.17, 15) is 4.79 Å². The zero-order valence-corrected chi connectivity index (χ0v) is 13.1. The van der Waals surface area contributed by atoms with E-state index in [1.807, 2.05) is 27.8 Å². The second-order valence-corrected chi connectivity index (χ2v) is 6.48. The minimum Gasteiger partial charge on any atom is -0.380 e. The van der Waals surface area contributed by atoms with Gasteiger partial charge in [-0.15, -0.1) is 0 Å². The van der Waals surface area contributed by atoms with Crippen molar-refractivity contribution in [2.24, 2.45) is 11.3 Å². The Balaban J connectivity index is 3.52. The first-order valence-electron chi connectivity index (χ1n) is 7.08. The molecule has 0 aromatic heterocycles. The number of unbranched alkanes of at least 4 members (excludes halogenated alkanes) is 1. The average Bonchev–Trinajstić information content (AvgIpc) is 2.24. The summed E-state index contributed by atoms with van der Waals surface area (Å²) in [5, 5.41) is 0. The Hall–Kier alpha value is -0.570. The molecule has 18 heavy (non-hydrogen) atoms. The Kier molecular flexibility index (Phi) is 8.25. The fourth-order valence-corrected chi connectivity index (χ4v) is 1.73. The zero-order valence-electron chi connectivity index (χ0n) is 13.1. The molecule has 3 heteroatoms. The molecule has 0 radical (unpaired) electrons. The molecule has 0 aliphatic rings. The predicted octanol–water partition coefficient (Wildman–Crippen LogP) is 3.33. The molecule has 108 valence electrons. The van der Waals surface area contributed by atoms with Gasteiger partial charge in [-0.2, -0.15) is 0 Å². The van der Waals surface area contributed by atoms with Gasteiger partial charge >= 0.3 is 0 Å². The van der Waals surface area contributed by atoms with E-state index in [1.165, 1.54) is 12.8 Å². The van der Waals surface area contributed by atoms with Crippen LogP contribution in [0.15, 0.2) is 0 Å². The van der Waals surface area contributed by atoms with E-state index in [0.29, 0.717) is 13.2 Å². The highest BCUT2D eigenvalue weighted by atomic mass is 16.5. The van der Waals surface area contributed by atoms with E-state index in [1.54, 1.807) is 4.90 Å². The number of rotatable bonds is 8. The molecule has 0 aromatic carbocycles. The number of likely N-dealkylation sites (N-methyl/N-ethyl adjacent to an activating group) is 1. The molecule has 0 aliphatic heterocycles. The smallest absolute Gasteiger partial charge is 0.227 e. The number of hydrogen-bond acceptors (Lipinski definition) is 2. The van der Waals surface area contributed by atoms with Crippen LogP contribution in [0.1, 0.15) is 53.9 Å². The first-order chi connectivity index (χ1) is 8.25. The molecule has 0 saturated carbocycles. The van der Waals surface area contributed by atoms with Crippen LogP contribution in [-0.2, 0) is 9.53 Å². The van der Waals surface area contributed by atoms with Gasteiger partial charge in [0.2, 0.25) is 5.91 Å². The van der Waals surface area contributed by atoms with Crippen LogP contribution in [0, 0.1) is 11.3 Å². The SMILES string of the molecule is CC(C)CCCCOCCN(C)C(=O)C(C)(C)C. The van der Waals surface area contributed by atoms with Crippen LogP contribution >= 0.6 is 0 Å². The fourth-order valence-electron chi connectivity index (χ4n) is 1.73. The van der Waals surface area contributed by atoms with E-state index >= 15 is 0 Å². The molecule has 0 unspecified atom stereocenters. The lowest BCUT2D eigenvalue weighted by Gasteiger charge is -2.25. The Morgan fingerprint density at radius 2 is 1.78 bits per heavy atom. The third-order valence-electron chi connectivity index (χ3n) is 2.88. The van der Waals surface area contributed by atoms with Gasteiger partial charge in [0.15, 0.2) is 0 Å². The Bertz CT molecular complexity index is 231. The molecule has 0 atom stereocenters. The molecule has 0 saturated heterocycles. The lowest BCUT2D eigenvalue weighted by Crippen LogP contribution is -2.38. The van der Waals surface area contributed by atoms with Gasteiger partial charge in [0.05, 0.1) is 6.61 Å². The van der Waals surface area contributed by atoms with Crippen molar-refractivity contribution in [1.82, 2.24) is 4.90 Å². The molecule has 0 N–H and O–H groups in total. The monoisotopic (exact) mass is 257 g/mol. The van der Waals surface area contributed by atoms with Crippen molar-refractivity contribution in [3.8, 4) is 0 Å². The molecule has 0 bridgehead atoms. The summed E-state index contributed by atoms with van der Waals surface area (Å²) in [4.78, 5) is 13.6. The molecule has 0 fully saturated rings. The number of carbonyl (C=O) groups excluding carboxylic acids is 1. The number of amides is 1. The molecule has 1 amide bonds. The van der Waals surface area contributed by atoms with Gasteiger partial charge < -0.3 is 9.64 Å². The summed E-state index contributed by atoms with van der Waals surface area (Å²) in [6, 6.07) is 0. The summed E-state index contributed by atoms with van der Waals surface area (Å²) in [6.45, 7) is 12.4. The average molecular weight is 257 g/mol. The van der Waals surface area contributed by atoms with Gasteiger partial charge in [0.25, 0.3) is 0 Å². The highest BCUT2D eigenvalue weighted by Crippen LogP contribution is 2.16. The second kappa shape index (κ2) is 8.52. The van der Waals surface area contributed by atoms with Crippen molar-refractivity contribution in [3.05, 3.63) is 0 Å². The minimum atomic E-state index is -0.300. The van der Waals surface area contributed by atoms with Crippen LogP contribution in [0.25, 0.3) is 0 Å². The Morgan fingerprint density at radius 3 is 2.28 bits per heavy atom. The summed E-state index contributed by atoms with van der Waals surface area (Å²) in [5.41, 5.74) is -0.300. The van der Waals surface area contributed by atoms with Crippen LogP contribution in [0.5, 0.6) is 0 Å². The van der Waals surface area contributed by atoms with E-state index in [2.05, 4.69) is 13.8 Å². The first-order valence-corrected chi connectivity index (χ1v) is 7.08. The molecule has 0 rings (SSSR count). The van der Waals surface area contributed by atoms with Gasteiger partial charge in [-0.25, -0.2) is 0 Å². The molecule has 0 heterocycles. The van der Waals surface area contributed by atoms with Gasteiger partial charge in [0, 0.05) is 25.6 Å². The topological polar surface area (TPSA) is 29.5 Å². The van der Waals surface area contributed by atoms with Crippen LogP contribution in [0.4, 0.5) is 0 Å². The molecule has 3 nitrogen and oxygen atoms in total. The number of nitrogens with zero attached hydrogens (tertiary/aromatic N) is 1. The first kappa shape index (κ1) is 17.4. The van der Waals surface area contributed by atoms with Crippen LogP contribution < -0.4 is 0 Å². The lowest BCUT2D eigenvalue weighted by molar-refractivity contribution is -0.138. The lowest BCUT2D eigenvalue weighted by atomic mass is 9.95. The molecule has 0 aromatic rings. The van der Waals surface area contributed by atoms with Gasteiger partial charge in [-0.3, -0.25) is 4.79 Å². The maximum absolute atomic E-state index is 11.9. The summed E-state index contributed by atoms with van der Waals surface area (Å²) < 4.78 is 5.56. The standard InChI is InChI=1S/C15H31NO2/c1-13(2)9-7-8-11-18-12-10-16(6)14(17)15(3,4)5/h13H,7-12H2,1-6H3. The maximum Gasteiger partial charge on any atom is 0.227 e. The van der Waals surface area contributed by atoms with Crippen LogP contribution in [-0.4, -0.2) is 37.6 Å². The third-order valence-corrected chi connectivity index (χ3v) is 2.88. The van der Waals surface area contributed by atoms with E-state index < -0.39 is 0 Å². The predicted molar refractivity (Wildman–Crippen MR) is 76.6 cm³/mol. The van der Waals surface area contributed by atoms with Crippen molar-refractivity contribution in [3.63, 3.8) is 0 Å². The Morgan fingerprint density at radius 1 is 1.17 bits per heavy atom. The number of hydrogen-bond donors (Lipinski definition) is 0. The van der Waals surface area contributed by atoms with E-state index in [0.717, 1.165) is 18.9 Å². The van der Waals surface area contributed by atoms with Gasteiger partial charge in [-0.1, -0.05) is 47.5 Å². The summed E-state index contributed by atoms with van der Waals surface area (Å²) in [7, 11) is 1.84. The van der Waals surface area contributed by atoms with Crippen molar-refractivity contribution >= 4 is 5.91 Å². The molecular weight excluding hydrogens is 226 g/mol. The van der Waals surface area contributed by atoms with E-state index in [-0.39, 0.29) is 11.3 Å². The fraction of sp³-hybridized carbons (Fsp3) is 0.933. The van der Waals surface area contributed by atoms with Gasteiger partial charge in [-0.05, 0) is 12.3 Å². The summed E-state index contributed by atoms with van der Waals surface area (Å²) >= 11 is 0. The highest BCUT2D eigenvalue weighted by molar-refractivity contribution is 5.81. The quantitative estimate of drug-likeness (QED) is 0.624. The zero-order chi connectivity index (χ0) is 14.2. The van der Waals surface area contributed by atoms with Crippen molar-refractivity contribution in [2.45, 2.75) is 53.9 Å². The van der Waals surface area contributed by atoms with Crippen molar-refractivity contribution in [2.75, 3.05) is 26.8 Å². The van der Waals surface area contributed by atoms with Crippen LogP contribution in [0.2, 0.25) is 0 Å². The molecule has 0 spiro atoms. The second-order valence-electron chi connectivity index (χ2n) is 6.48. The van der Waals surface area contributed by atoms with Gasteiger partial charge in [0.1, 0.15) is 0 Å². The number of ether oxygens (including phenoxy) is 1. The molecular formula is C15H31NO2. The summed E-state index contributed by atoms with van der Waals surface area (Å²) in [5.74, 6) is 0.950. The maximum atomic E-state index is 11.9. The van der Waals surface area contributed by atoms with Crippen molar-refractivity contribution < 1.29 is 9.53 Å². The highest BCUT2D eigenvalue weighted by Gasteiger charge is 2.24. The third kappa shape index (κ3) is 8.51. The number of carbonyl (C=O) groups is 1. The van der Waals surface area contributed by atoms with Crippen LogP contribution in [0.3, 0.4) is 0 Å². The van der Waals surface area contributed by atoms with E-state index in [4.69, 9.17) is 4.74 Å². The normalized spacial score (nSPS) is 11.9. The largest absolute Gasteiger partial charge is 0.380 e. The van der Waals surface area contributed by atoms with Crippen molar-refractivity contribution in [1.29, 1.82) is 0 Å². The minimum absolute atomic E-state index is 0.172.